The number of carbonyl (C=O) groups is 1. The highest BCUT2D eigenvalue weighted by Gasteiger charge is 2.22. The molecule has 0 fully saturated rings. The highest BCUT2D eigenvalue weighted by molar-refractivity contribution is 7.92. The molecule has 0 aromatic heterocycles. The van der Waals surface area contributed by atoms with E-state index in [4.69, 9.17) is 0 Å². The number of sulfonamides is 1. The molecule has 0 saturated carbocycles. The Kier molecular flexibility index (Phi) is 7.87. The quantitative estimate of drug-likeness (QED) is 0.486. The predicted molar refractivity (Wildman–Crippen MR) is 130 cm³/mol. The smallest absolute Gasteiger partial charge is 0.232 e. The van der Waals surface area contributed by atoms with Crippen molar-refractivity contribution < 1.29 is 17.6 Å². The molecule has 3 aromatic rings. The number of halogens is 1. The first kappa shape index (κ1) is 24.5. The monoisotopic (exact) mass is 468 g/mol. The first-order valence-corrected chi connectivity index (χ1v) is 12.7. The van der Waals surface area contributed by atoms with Crippen LogP contribution in [0.5, 0.6) is 0 Å². The number of amides is 1. The Morgan fingerprint density at radius 1 is 1.00 bits per heavy atom. The van der Waals surface area contributed by atoms with Crippen LogP contribution in [0.4, 0.5) is 10.1 Å². The average molecular weight is 469 g/mol. The van der Waals surface area contributed by atoms with Gasteiger partial charge in [-0.1, -0.05) is 66.2 Å². The van der Waals surface area contributed by atoms with Crippen molar-refractivity contribution in [2.45, 2.75) is 32.7 Å². The first-order chi connectivity index (χ1) is 15.7. The molecule has 0 spiro atoms. The van der Waals surface area contributed by atoms with Gasteiger partial charge in [-0.15, -0.1) is 0 Å². The van der Waals surface area contributed by atoms with Crippen LogP contribution in [0.15, 0.2) is 72.8 Å². The van der Waals surface area contributed by atoms with Crippen LogP contribution in [-0.4, -0.2) is 27.1 Å². The molecule has 3 rings (SSSR count). The second kappa shape index (κ2) is 10.6. The third-order valence-electron chi connectivity index (χ3n) is 5.46. The Balaban J connectivity index is 1.73. The summed E-state index contributed by atoms with van der Waals surface area (Å²) in [6, 6.07) is 21.2. The number of rotatable bonds is 9. The summed E-state index contributed by atoms with van der Waals surface area (Å²) in [6.45, 7) is 4.05. The van der Waals surface area contributed by atoms with E-state index in [2.05, 4.69) is 11.4 Å². The summed E-state index contributed by atoms with van der Waals surface area (Å²) in [5.41, 5.74) is 4.17. The lowest BCUT2D eigenvalue weighted by Gasteiger charge is -2.24. The van der Waals surface area contributed by atoms with E-state index in [9.17, 15) is 17.6 Å². The van der Waals surface area contributed by atoms with Gasteiger partial charge in [0.2, 0.25) is 15.9 Å². The van der Waals surface area contributed by atoms with E-state index in [0.717, 1.165) is 32.8 Å². The fourth-order valence-electron chi connectivity index (χ4n) is 3.87. The molecule has 174 valence electrons. The Hall–Kier alpha value is -3.19. The molecule has 1 unspecified atom stereocenters. The van der Waals surface area contributed by atoms with E-state index in [1.807, 2.05) is 56.3 Å². The maximum Gasteiger partial charge on any atom is 0.232 e. The van der Waals surface area contributed by atoms with Crippen LogP contribution in [0.1, 0.15) is 41.1 Å². The minimum Gasteiger partial charge on any atom is -0.345 e. The number of nitrogens with one attached hydrogen (secondary N) is 1. The Morgan fingerprint density at radius 2 is 1.67 bits per heavy atom. The van der Waals surface area contributed by atoms with Crippen molar-refractivity contribution >= 4 is 21.6 Å². The van der Waals surface area contributed by atoms with Crippen LogP contribution in [-0.2, 0) is 14.8 Å². The second-order valence-corrected chi connectivity index (χ2v) is 10.1. The normalized spacial score (nSPS) is 12.2. The van der Waals surface area contributed by atoms with E-state index in [-0.39, 0.29) is 37.0 Å². The number of hydrogen-bond donors (Lipinski definition) is 1. The number of nitrogens with zero attached hydrogens (tertiary/aromatic N) is 1. The molecule has 3 aromatic carbocycles. The zero-order valence-electron chi connectivity index (χ0n) is 19.1. The molecule has 1 amide bonds. The van der Waals surface area contributed by atoms with Crippen molar-refractivity contribution in [3.8, 4) is 0 Å². The third kappa shape index (κ3) is 6.42. The highest BCUT2D eigenvalue weighted by atomic mass is 32.2. The molecule has 0 radical (unpaired) electrons. The number of hydrogen-bond acceptors (Lipinski definition) is 3. The second-order valence-electron chi connectivity index (χ2n) is 8.16. The van der Waals surface area contributed by atoms with Gasteiger partial charge in [-0.05, 0) is 49.1 Å². The van der Waals surface area contributed by atoms with E-state index in [1.54, 1.807) is 6.07 Å². The summed E-state index contributed by atoms with van der Waals surface area (Å²) >= 11 is 0. The molecule has 0 saturated heterocycles. The van der Waals surface area contributed by atoms with Gasteiger partial charge in [-0.3, -0.25) is 9.10 Å². The number of anilines is 1. The fourth-order valence-corrected chi connectivity index (χ4v) is 4.84. The SMILES string of the molecule is Cc1ccc(C(NC(=O)CCCN(c2ccccc2F)S(C)(=O)=O)c2ccccc2)c(C)c1. The molecule has 5 nitrogen and oxygen atoms in total. The number of carbonyl (C=O) groups excluding carboxylic acids is 1. The molecule has 0 heterocycles. The summed E-state index contributed by atoms with van der Waals surface area (Å²) in [4.78, 5) is 12.9. The lowest BCUT2D eigenvalue weighted by atomic mass is 9.93. The van der Waals surface area contributed by atoms with Crippen LogP contribution in [0.3, 0.4) is 0 Å². The Labute approximate surface area is 195 Å². The van der Waals surface area contributed by atoms with Gasteiger partial charge in [0, 0.05) is 13.0 Å². The van der Waals surface area contributed by atoms with Gasteiger partial charge in [0.25, 0.3) is 0 Å². The molecule has 0 aliphatic carbocycles. The maximum atomic E-state index is 14.2. The lowest BCUT2D eigenvalue weighted by molar-refractivity contribution is -0.121. The third-order valence-corrected chi connectivity index (χ3v) is 6.64. The van der Waals surface area contributed by atoms with Crippen molar-refractivity contribution in [1.82, 2.24) is 5.32 Å². The summed E-state index contributed by atoms with van der Waals surface area (Å²) in [5.74, 6) is -0.822. The number of benzene rings is 3. The van der Waals surface area contributed by atoms with E-state index < -0.39 is 15.8 Å². The van der Waals surface area contributed by atoms with Crippen molar-refractivity contribution in [1.29, 1.82) is 0 Å². The van der Waals surface area contributed by atoms with Gasteiger partial charge >= 0.3 is 0 Å². The molecular weight excluding hydrogens is 439 g/mol. The minimum absolute atomic E-state index is 0.00670. The molecule has 7 heteroatoms. The van der Waals surface area contributed by atoms with Crippen molar-refractivity contribution in [2.24, 2.45) is 0 Å². The van der Waals surface area contributed by atoms with Gasteiger partial charge in [-0.25, -0.2) is 12.8 Å². The van der Waals surface area contributed by atoms with Gasteiger partial charge < -0.3 is 5.32 Å². The zero-order chi connectivity index (χ0) is 24.0. The summed E-state index contributed by atoms with van der Waals surface area (Å²) in [5, 5.41) is 3.09. The fraction of sp³-hybridized carbons (Fsp3) is 0.269. The average Bonchev–Trinajstić information content (AvgIpc) is 2.76. The van der Waals surface area contributed by atoms with E-state index >= 15 is 0 Å². The highest BCUT2D eigenvalue weighted by Crippen LogP contribution is 2.26. The van der Waals surface area contributed by atoms with E-state index in [1.165, 1.54) is 18.2 Å². The van der Waals surface area contributed by atoms with Gasteiger partial charge in [0.15, 0.2) is 0 Å². The molecule has 0 aliphatic heterocycles. The largest absolute Gasteiger partial charge is 0.345 e. The van der Waals surface area contributed by atoms with Crippen LogP contribution >= 0.6 is 0 Å². The first-order valence-electron chi connectivity index (χ1n) is 10.8. The standard InChI is InChI=1S/C26H29FN2O3S/c1-19-15-16-22(20(2)18-19)26(21-10-5-4-6-11-21)28-25(30)14-9-17-29(33(3,31)32)24-13-8-7-12-23(24)27/h4-8,10-13,15-16,18,26H,9,14,17H2,1-3H3,(H,28,30). The summed E-state index contributed by atoms with van der Waals surface area (Å²) in [7, 11) is -3.70. The zero-order valence-corrected chi connectivity index (χ0v) is 19.9. The summed E-state index contributed by atoms with van der Waals surface area (Å²) < 4.78 is 39.7. The molecule has 0 aliphatic rings. The topological polar surface area (TPSA) is 66.5 Å². The molecular formula is C26H29FN2O3S. The predicted octanol–water partition coefficient (Wildman–Crippen LogP) is 4.89. The summed E-state index contributed by atoms with van der Waals surface area (Å²) in [6.07, 6.45) is 1.39. The minimum atomic E-state index is -3.70. The lowest BCUT2D eigenvalue weighted by Crippen LogP contribution is -2.33. The Bertz CT molecular complexity index is 1210. The van der Waals surface area contributed by atoms with E-state index in [0.29, 0.717) is 0 Å². The van der Waals surface area contributed by atoms with Crippen molar-refractivity contribution in [3.05, 3.63) is 101 Å². The molecule has 33 heavy (non-hydrogen) atoms. The van der Waals surface area contributed by atoms with Gasteiger partial charge in [0.1, 0.15) is 5.82 Å². The van der Waals surface area contributed by atoms with Crippen molar-refractivity contribution in [3.63, 3.8) is 0 Å². The van der Waals surface area contributed by atoms with Crippen LogP contribution in [0.25, 0.3) is 0 Å². The van der Waals surface area contributed by atoms with Gasteiger partial charge in [0.05, 0.1) is 18.0 Å². The van der Waals surface area contributed by atoms with Crippen LogP contribution < -0.4 is 9.62 Å². The van der Waals surface area contributed by atoms with Crippen LogP contribution in [0, 0.1) is 19.7 Å². The molecule has 1 N–H and O–H groups in total. The number of aryl methyl sites for hydroxylation is 2. The van der Waals surface area contributed by atoms with Crippen molar-refractivity contribution in [2.75, 3.05) is 17.1 Å². The maximum absolute atomic E-state index is 14.2. The molecule has 0 bridgehead atoms. The molecule has 1 atom stereocenters. The van der Waals surface area contributed by atoms with Gasteiger partial charge in [-0.2, -0.15) is 0 Å². The number of para-hydroxylation sites is 1. The Morgan fingerprint density at radius 3 is 2.30 bits per heavy atom. The van der Waals surface area contributed by atoms with Crippen LogP contribution in [0.2, 0.25) is 0 Å².